The lowest BCUT2D eigenvalue weighted by Gasteiger charge is -2.26. The summed E-state index contributed by atoms with van der Waals surface area (Å²) in [5, 5.41) is 7.90. The van der Waals surface area contributed by atoms with E-state index < -0.39 is 0 Å². The molecule has 0 radical (unpaired) electrons. The Labute approximate surface area is 222 Å². The first-order valence-corrected chi connectivity index (χ1v) is 14.1. The molecular formula is C34H21NS2. The molecule has 2 heterocycles. The van der Waals surface area contributed by atoms with E-state index in [1.807, 2.05) is 22.7 Å². The third-order valence-corrected chi connectivity index (χ3v) is 9.59. The van der Waals surface area contributed by atoms with Gasteiger partial charge in [-0.05, 0) is 59.3 Å². The Balaban J connectivity index is 1.44. The smallest absolute Gasteiger partial charge is 0.0640 e. The second-order valence-corrected chi connectivity index (χ2v) is 11.5. The quantitative estimate of drug-likeness (QED) is 0.230. The predicted octanol–water partition coefficient (Wildman–Crippen LogP) is 11.0. The van der Waals surface area contributed by atoms with Gasteiger partial charge < -0.3 is 4.90 Å². The fourth-order valence-corrected chi connectivity index (χ4v) is 7.91. The number of benzene rings is 6. The third-order valence-electron chi connectivity index (χ3n) is 7.24. The second kappa shape index (κ2) is 8.17. The van der Waals surface area contributed by atoms with Gasteiger partial charge in [0.15, 0.2) is 0 Å². The molecule has 0 fully saturated rings. The lowest BCUT2D eigenvalue weighted by molar-refractivity contribution is 1.31. The lowest BCUT2D eigenvalue weighted by atomic mass is 10.0. The minimum absolute atomic E-state index is 1.16. The SMILES string of the molecule is c1ccc(N(c2ccc3ccc4sc5ccccc5c4c3c2)c2cccc3c2sc2ccccc23)cc1. The zero-order valence-corrected chi connectivity index (χ0v) is 21.5. The topological polar surface area (TPSA) is 3.24 Å². The van der Waals surface area contributed by atoms with E-state index in [9.17, 15) is 0 Å². The van der Waals surface area contributed by atoms with Crippen LogP contribution < -0.4 is 4.90 Å². The zero-order chi connectivity index (χ0) is 24.3. The predicted molar refractivity (Wildman–Crippen MR) is 164 cm³/mol. The molecule has 6 aromatic carbocycles. The van der Waals surface area contributed by atoms with Crippen LogP contribution in [0.5, 0.6) is 0 Å². The van der Waals surface area contributed by atoms with E-state index in [1.54, 1.807) is 0 Å². The van der Waals surface area contributed by atoms with Crippen LogP contribution in [0.25, 0.3) is 51.1 Å². The van der Waals surface area contributed by atoms with Crippen molar-refractivity contribution in [3.8, 4) is 0 Å². The Morgan fingerprint density at radius 3 is 2.00 bits per heavy atom. The van der Waals surface area contributed by atoms with Crippen molar-refractivity contribution in [2.75, 3.05) is 4.90 Å². The van der Waals surface area contributed by atoms with Crippen molar-refractivity contribution in [3.05, 3.63) is 127 Å². The summed E-state index contributed by atoms with van der Waals surface area (Å²) >= 11 is 3.75. The van der Waals surface area contributed by atoms with Crippen LogP contribution in [0.3, 0.4) is 0 Å². The largest absolute Gasteiger partial charge is 0.309 e. The van der Waals surface area contributed by atoms with Gasteiger partial charge >= 0.3 is 0 Å². The van der Waals surface area contributed by atoms with E-state index in [4.69, 9.17) is 0 Å². The molecule has 0 spiro atoms. The number of hydrogen-bond acceptors (Lipinski definition) is 3. The summed E-state index contributed by atoms with van der Waals surface area (Å²) in [4.78, 5) is 2.42. The fourth-order valence-electron chi connectivity index (χ4n) is 5.58. The van der Waals surface area contributed by atoms with Crippen molar-refractivity contribution in [2.45, 2.75) is 0 Å². The summed E-state index contributed by atoms with van der Waals surface area (Å²) in [6, 6.07) is 46.4. The van der Waals surface area contributed by atoms with Crippen molar-refractivity contribution in [1.82, 2.24) is 0 Å². The van der Waals surface area contributed by atoms with Gasteiger partial charge in [0.25, 0.3) is 0 Å². The number of anilines is 3. The first kappa shape index (κ1) is 21.0. The van der Waals surface area contributed by atoms with Crippen LogP contribution in [0.1, 0.15) is 0 Å². The summed E-state index contributed by atoms with van der Waals surface area (Å²) in [5.74, 6) is 0. The lowest BCUT2D eigenvalue weighted by Crippen LogP contribution is -2.09. The van der Waals surface area contributed by atoms with Crippen LogP contribution in [0, 0.1) is 0 Å². The van der Waals surface area contributed by atoms with Crippen molar-refractivity contribution in [1.29, 1.82) is 0 Å². The molecule has 1 nitrogen and oxygen atoms in total. The molecule has 0 amide bonds. The molecule has 174 valence electrons. The Morgan fingerprint density at radius 1 is 0.432 bits per heavy atom. The maximum Gasteiger partial charge on any atom is 0.0640 e. The van der Waals surface area contributed by atoms with Crippen LogP contribution >= 0.6 is 22.7 Å². The molecule has 0 aliphatic rings. The second-order valence-electron chi connectivity index (χ2n) is 9.37. The average molecular weight is 508 g/mol. The fraction of sp³-hybridized carbons (Fsp3) is 0. The van der Waals surface area contributed by atoms with E-state index in [-0.39, 0.29) is 0 Å². The molecule has 0 saturated heterocycles. The minimum atomic E-state index is 1.16. The monoisotopic (exact) mass is 507 g/mol. The van der Waals surface area contributed by atoms with Crippen LogP contribution in [0.2, 0.25) is 0 Å². The maximum atomic E-state index is 2.42. The van der Waals surface area contributed by atoms with Gasteiger partial charge in [-0.15, -0.1) is 22.7 Å². The summed E-state index contributed by atoms with van der Waals surface area (Å²) < 4.78 is 5.31. The van der Waals surface area contributed by atoms with Gasteiger partial charge in [-0.25, -0.2) is 0 Å². The van der Waals surface area contributed by atoms with Crippen molar-refractivity contribution >= 4 is 90.9 Å². The van der Waals surface area contributed by atoms with Crippen molar-refractivity contribution in [2.24, 2.45) is 0 Å². The normalized spacial score (nSPS) is 11.8. The van der Waals surface area contributed by atoms with Crippen LogP contribution in [0.15, 0.2) is 127 Å². The van der Waals surface area contributed by atoms with E-state index in [0.717, 1.165) is 5.69 Å². The molecule has 8 rings (SSSR count). The standard InChI is InChI=1S/C34H21NS2/c1-2-9-23(10-3-1)35(29-14-8-13-26-25-11-4-6-15-30(25)37-34(26)29)24-19-17-22-18-20-32-33(28(22)21-24)27-12-5-7-16-31(27)36-32/h1-21H. The van der Waals surface area contributed by atoms with E-state index >= 15 is 0 Å². The number of rotatable bonds is 3. The highest BCUT2D eigenvalue weighted by Gasteiger charge is 2.19. The minimum Gasteiger partial charge on any atom is -0.309 e. The molecular weight excluding hydrogens is 487 g/mol. The van der Waals surface area contributed by atoms with Gasteiger partial charge in [-0.2, -0.15) is 0 Å². The molecule has 0 atom stereocenters. The molecule has 0 saturated carbocycles. The Morgan fingerprint density at radius 2 is 1.14 bits per heavy atom. The Hall–Kier alpha value is -4.18. The number of hydrogen-bond donors (Lipinski definition) is 0. The van der Waals surface area contributed by atoms with E-state index in [0.29, 0.717) is 0 Å². The number of nitrogens with zero attached hydrogens (tertiary/aromatic N) is 1. The van der Waals surface area contributed by atoms with Gasteiger partial charge in [0, 0.05) is 47.0 Å². The zero-order valence-electron chi connectivity index (χ0n) is 19.9. The molecule has 2 aromatic heterocycles. The highest BCUT2D eigenvalue weighted by molar-refractivity contribution is 7.26. The number of para-hydroxylation sites is 1. The Bertz CT molecular complexity index is 2100. The van der Waals surface area contributed by atoms with Gasteiger partial charge in [0.1, 0.15) is 0 Å². The van der Waals surface area contributed by atoms with Crippen molar-refractivity contribution in [3.63, 3.8) is 0 Å². The van der Waals surface area contributed by atoms with Gasteiger partial charge in [-0.1, -0.05) is 78.9 Å². The molecule has 8 aromatic rings. The van der Waals surface area contributed by atoms with Gasteiger partial charge in [0.05, 0.1) is 10.4 Å². The first-order valence-electron chi connectivity index (χ1n) is 12.4. The Kier molecular flexibility index (Phi) is 4.63. The highest BCUT2D eigenvalue weighted by Crippen LogP contribution is 2.46. The highest BCUT2D eigenvalue weighted by atomic mass is 32.1. The van der Waals surface area contributed by atoms with Crippen LogP contribution in [-0.4, -0.2) is 0 Å². The average Bonchev–Trinajstić information content (AvgIpc) is 3.53. The summed E-state index contributed by atoms with van der Waals surface area (Å²) in [6.07, 6.45) is 0. The van der Waals surface area contributed by atoms with Gasteiger partial charge in [0.2, 0.25) is 0 Å². The molecule has 0 aliphatic carbocycles. The molecule has 0 aliphatic heterocycles. The van der Waals surface area contributed by atoms with Crippen LogP contribution in [0.4, 0.5) is 17.1 Å². The number of fused-ring (bicyclic) bond motifs is 8. The summed E-state index contributed by atoms with van der Waals surface area (Å²) in [6.45, 7) is 0. The van der Waals surface area contributed by atoms with Gasteiger partial charge in [-0.3, -0.25) is 0 Å². The van der Waals surface area contributed by atoms with Crippen molar-refractivity contribution < 1.29 is 0 Å². The third kappa shape index (κ3) is 3.21. The summed E-state index contributed by atoms with van der Waals surface area (Å²) in [7, 11) is 0. The molecule has 0 N–H and O–H groups in total. The molecule has 37 heavy (non-hydrogen) atoms. The first-order chi connectivity index (χ1) is 18.3. The molecule has 3 heteroatoms. The maximum absolute atomic E-state index is 2.42. The van der Waals surface area contributed by atoms with E-state index in [1.165, 1.54) is 62.5 Å². The van der Waals surface area contributed by atoms with Crippen LogP contribution in [-0.2, 0) is 0 Å². The summed E-state index contributed by atoms with van der Waals surface area (Å²) in [5.41, 5.74) is 3.55. The molecule has 0 bridgehead atoms. The van der Waals surface area contributed by atoms with E-state index in [2.05, 4.69) is 132 Å². The molecule has 0 unspecified atom stereocenters. The number of thiophene rings is 2.